The Hall–Kier alpha value is -1.42. The number of hydrogen-bond donors (Lipinski definition) is 0. The highest BCUT2D eigenvalue weighted by molar-refractivity contribution is 7.85. The molecule has 2 unspecified atom stereocenters. The average Bonchev–Trinajstić information content (AvgIpc) is 2.84. The minimum absolute atomic E-state index is 0.179. The van der Waals surface area contributed by atoms with Crippen LogP contribution in [0.1, 0.15) is 17.9 Å². The summed E-state index contributed by atoms with van der Waals surface area (Å²) in [5.41, 5.74) is 1.03. The molecule has 84 valence electrons. The van der Waals surface area contributed by atoms with Crippen molar-refractivity contribution >= 4 is 10.8 Å². The van der Waals surface area contributed by atoms with Gasteiger partial charge in [0.05, 0.1) is 10.8 Å². The molecule has 0 aliphatic heterocycles. The molecule has 0 aliphatic rings. The fraction of sp³-hybridized carbons (Fsp3) is 0.250. The van der Waals surface area contributed by atoms with Crippen molar-refractivity contribution in [3.63, 3.8) is 0 Å². The maximum absolute atomic E-state index is 12.1. The lowest BCUT2D eigenvalue weighted by atomic mass is 10.2. The Morgan fingerprint density at radius 3 is 2.62 bits per heavy atom. The Bertz CT molecular complexity index is 453. The summed E-state index contributed by atoms with van der Waals surface area (Å²) in [6, 6.07) is 11.7. The first kappa shape index (κ1) is 11.1. The molecule has 0 radical (unpaired) electrons. The maximum atomic E-state index is 12.1. The molecule has 2 aromatic rings. The Labute approximate surface area is 97.6 Å². The van der Waals surface area contributed by atoms with Crippen molar-refractivity contribution in [1.29, 1.82) is 0 Å². The van der Waals surface area contributed by atoms with Crippen LogP contribution in [-0.2, 0) is 10.8 Å². The summed E-state index contributed by atoms with van der Waals surface area (Å²) in [4.78, 5) is 0. The van der Waals surface area contributed by atoms with Crippen LogP contribution in [0.25, 0.3) is 0 Å². The zero-order valence-corrected chi connectivity index (χ0v) is 9.93. The van der Waals surface area contributed by atoms with E-state index >= 15 is 0 Å². The van der Waals surface area contributed by atoms with Gasteiger partial charge in [-0.05, 0) is 11.6 Å². The molecule has 0 saturated carbocycles. The summed E-state index contributed by atoms with van der Waals surface area (Å²) in [6.45, 7) is 1.93. The van der Waals surface area contributed by atoms with Crippen LogP contribution in [0.4, 0.5) is 0 Å². The number of aromatic nitrogens is 2. The minimum Gasteiger partial charge on any atom is -0.257 e. The molecule has 0 bridgehead atoms. The molecule has 1 aromatic carbocycles. The Morgan fingerprint density at radius 2 is 2.06 bits per heavy atom. The van der Waals surface area contributed by atoms with Gasteiger partial charge < -0.3 is 0 Å². The van der Waals surface area contributed by atoms with Gasteiger partial charge in [0, 0.05) is 18.1 Å². The van der Waals surface area contributed by atoms with Gasteiger partial charge in [-0.1, -0.05) is 37.3 Å². The largest absolute Gasteiger partial charge is 0.257 e. The summed E-state index contributed by atoms with van der Waals surface area (Å²) in [6.07, 6.45) is 3.56. The van der Waals surface area contributed by atoms with Crippen LogP contribution < -0.4 is 0 Å². The van der Waals surface area contributed by atoms with Crippen molar-refractivity contribution in [2.24, 2.45) is 0 Å². The average molecular weight is 234 g/mol. The van der Waals surface area contributed by atoms with E-state index in [0.717, 1.165) is 5.56 Å². The lowest BCUT2D eigenvalue weighted by Gasteiger charge is -2.16. The molecule has 0 saturated heterocycles. The van der Waals surface area contributed by atoms with Gasteiger partial charge in [-0.25, -0.2) is 0 Å². The molecule has 2 atom stereocenters. The Kier molecular flexibility index (Phi) is 3.51. The molecule has 0 fully saturated rings. The van der Waals surface area contributed by atoms with E-state index in [9.17, 15) is 4.21 Å². The third kappa shape index (κ3) is 2.22. The van der Waals surface area contributed by atoms with Gasteiger partial charge in [-0.2, -0.15) is 5.10 Å². The summed E-state index contributed by atoms with van der Waals surface area (Å²) in [7, 11) is -0.945. The second-order valence-corrected chi connectivity index (χ2v) is 5.20. The standard InChI is InChI=1S/C12H14N2OS/c1-2-16(15)12(14-10-6-9-13-14)11-7-4-3-5-8-11/h3-10,12H,2H2,1H3. The molecule has 16 heavy (non-hydrogen) atoms. The molecule has 0 aliphatic carbocycles. The number of hydrogen-bond acceptors (Lipinski definition) is 2. The zero-order valence-electron chi connectivity index (χ0n) is 9.11. The molecule has 3 nitrogen and oxygen atoms in total. The summed E-state index contributed by atoms with van der Waals surface area (Å²) in [5, 5.41) is 4.01. The molecular formula is C12H14N2OS. The van der Waals surface area contributed by atoms with E-state index in [1.165, 1.54) is 0 Å². The van der Waals surface area contributed by atoms with Crippen LogP contribution in [0.15, 0.2) is 48.8 Å². The van der Waals surface area contributed by atoms with Gasteiger partial charge >= 0.3 is 0 Å². The van der Waals surface area contributed by atoms with Gasteiger partial charge in [0.25, 0.3) is 0 Å². The second kappa shape index (κ2) is 5.07. The summed E-state index contributed by atoms with van der Waals surface area (Å²) < 4.78 is 13.8. The first-order valence-corrected chi connectivity index (χ1v) is 6.62. The van der Waals surface area contributed by atoms with E-state index in [4.69, 9.17) is 0 Å². The first-order valence-electron chi connectivity index (χ1n) is 5.24. The van der Waals surface area contributed by atoms with E-state index in [2.05, 4.69) is 5.10 Å². The topological polar surface area (TPSA) is 34.9 Å². The van der Waals surface area contributed by atoms with Crippen LogP contribution in [-0.4, -0.2) is 19.7 Å². The predicted octanol–water partition coefficient (Wildman–Crippen LogP) is 2.20. The van der Waals surface area contributed by atoms with Gasteiger partial charge in [-0.15, -0.1) is 0 Å². The van der Waals surface area contributed by atoms with E-state index in [0.29, 0.717) is 5.75 Å². The van der Waals surface area contributed by atoms with Crippen LogP contribution >= 0.6 is 0 Å². The quantitative estimate of drug-likeness (QED) is 0.813. The normalized spacial score (nSPS) is 14.6. The Morgan fingerprint density at radius 1 is 1.31 bits per heavy atom. The van der Waals surface area contributed by atoms with Gasteiger partial charge in [-0.3, -0.25) is 8.89 Å². The highest BCUT2D eigenvalue weighted by Gasteiger charge is 2.19. The van der Waals surface area contributed by atoms with Crippen molar-refractivity contribution in [1.82, 2.24) is 9.78 Å². The van der Waals surface area contributed by atoms with Crippen molar-refractivity contribution in [3.8, 4) is 0 Å². The van der Waals surface area contributed by atoms with Crippen molar-refractivity contribution in [3.05, 3.63) is 54.4 Å². The minimum atomic E-state index is -0.945. The maximum Gasteiger partial charge on any atom is 0.151 e. The molecular weight excluding hydrogens is 220 g/mol. The van der Waals surface area contributed by atoms with Crippen LogP contribution in [0, 0.1) is 0 Å². The SMILES string of the molecule is CCS(=O)C(c1ccccc1)n1cccn1. The van der Waals surface area contributed by atoms with Crippen LogP contribution in [0.5, 0.6) is 0 Å². The van der Waals surface area contributed by atoms with Crippen LogP contribution in [0.3, 0.4) is 0 Å². The highest BCUT2D eigenvalue weighted by Crippen LogP contribution is 2.21. The zero-order chi connectivity index (χ0) is 11.4. The van der Waals surface area contributed by atoms with Gasteiger partial charge in [0.1, 0.15) is 0 Å². The molecule has 0 spiro atoms. The van der Waals surface area contributed by atoms with Crippen molar-refractivity contribution < 1.29 is 4.21 Å². The Balaban J connectivity index is 2.40. The summed E-state index contributed by atoms with van der Waals surface area (Å²) >= 11 is 0. The smallest absolute Gasteiger partial charge is 0.151 e. The molecule has 0 amide bonds. The van der Waals surface area contributed by atoms with E-state index in [1.807, 2.05) is 49.5 Å². The van der Waals surface area contributed by atoms with E-state index in [1.54, 1.807) is 10.9 Å². The van der Waals surface area contributed by atoms with E-state index in [-0.39, 0.29) is 5.37 Å². The monoisotopic (exact) mass is 234 g/mol. The van der Waals surface area contributed by atoms with Gasteiger partial charge in [0.15, 0.2) is 5.37 Å². The fourth-order valence-electron chi connectivity index (χ4n) is 1.62. The number of rotatable bonds is 4. The number of nitrogens with zero attached hydrogens (tertiary/aromatic N) is 2. The third-order valence-electron chi connectivity index (χ3n) is 2.38. The predicted molar refractivity (Wildman–Crippen MR) is 65.5 cm³/mol. The van der Waals surface area contributed by atoms with E-state index < -0.39 is 10.8 Å². The molecule has 1 heterocycles. The fourth-order valence-corrected chi connectivity index (χ4v) is 2.76. The second-order valence-electron chi connectivity index (χ2n) is 3.42. The molecule has 2 rings (SSSR count). The van der Waals surface area contributed by atoms with Crippen molar-refractivity contribution in [2.45, 2.75) is 12.3 Å². The first-order chi connectivity index (χ1) is 7.83. The molecule has 0 N–H and O–H groups in total. The highest BCUT2D eigenvalue weighted by atomic mass is 32.2. The van der Waals surface area contributed by atoms with Gasteiger partial charge in [0.2, 0.25) is 0 Å². The molecule has 1 aromatic heterocycles. The lowest BCUT2D eigenvalue weighted by molar-refractivity contribution is 0.621. The van der Waals surface area contributed by atoms with Crippen molar-refractivity contribution in [2.75, 3.05) is 5.75 Å². The summed E-state index contributed by atoms with van der Waals surface area (Å²) in [5.74, 6) is 0.624. The number of benzene rings is 1. The molecule has 4 heteroatoms. The third-order valence-corrected chi connectivity index (χ3v) is 3.94. The van der Waals surface area contributed by atoms with Crippen LogP contribution in [0.2, 0.25) is 0 Å². The lowest BCUT2D eigenvalue weighted by Crippen LogP contribution is -2.17.